The van der Waals surface area contributed by atoms with Crippen LogP contribution in [-0.4, -0.2) is 54.7 Å². The number of primary amides is 1. The molecule has 1 aromatic rings. The quantitative estimate of drug-likeness (QED) is 0.797. The van der Waals surface area contributed by atoms with Gasteiger partial charge in [-0.25, -0.2) is 9.59 Å². The van der Waals surface area contributed by atoms with E-state index in [-0.39, 0.29) is 30.3 Å². The number of benzene rings is 1. The number of ether oxygens (including phenoxy) is 2. The average molecular weight is 335 g/mol. The van der Waals surface area contributed by atoms with Gasteiger partial charge >= 0.3 is 12.0 Å². The Bertz CT molecular complexity index is 624. The number of urea groups is 1. The van der Waals surface area contributed by atoms with Gasteiger partial charge in [0.15, 0.2) is 6.61 Å². The highest BCUT2D eigenvalue weighted by Gasteiger charge is 2.26. The Labute approximate surface area is 139 Å². The standard InChI is InChI=1S/C16H21N3O5/c1-10-7-19(8-11(2)24-10)14(20)9-23-15(21)12-4-3-5-13(6-12)18-16(17)22/h3-6,10-11H,7-9H2,1-2H3,(H3,17,18,22)/t10-,11-/m0/s1. The molecule has 1 saturated heterocycles. The van der Waals surface area contributed by atoms with Gasteiger partial charge in [-0.15, -0.1) is 0 Å². The summed E-state index contributed by atoms with van der Waals surface area (Å²) < 4.78 is 10.6. The molecule has 1 heterocycles. The van der Waals surface area contributed by atoms with Crippen LogP contribution in [0.3, 0.4) is 0 Å². The van der Waals surface area contributed by atoms with Gasteiger partial charge in [0, 0.05) is 18.8 Å². The summed E-state index contributed by atoms with van der Waals surface area (Å²) in [5, 5.41) is 2.37. The van der Waals surface area contributed by atoms with Gasteiger partial charge in [0.2, 0.25) is 0 Å². The minimum atomic E-state index is -0.730. The van der Waals surface area contributed by atoms with Crippen molar-refractivity contribution < 1.29 is 23.9 Å². The molecule has 0 spiro atoms. The molecule has 0 radical (unpaired) electrons. The van der Waals surface area contributed by atoms with Gasteiger partial charge in [-0.2, -0.15) is 0 Å². The minimum absolute atomic E-state index is 0.0510. The smallest absolute Gasteiger partial charge is 0.338 e. The molecular weight excluding hydrogens is 314 g/mol. The topological polar surface area (TPSA) is 111 Å². The number of nitrogens with zero attached hydrogens (tertiary/aromatic N) is 1. The van der Waals surface area contributed by atoms with Crippen molar-refractivity contribution in [1.29, 1.82) is 0 Å². The lowest BCUT2D eigenvalue weighted by molar-refractivity contribution is -0.146. The number of hydrogen-bond donors (Lipinski definition) is 2. The van der Waals surface area contributed by atoms with Gasteiger partial charge in [-0.3, -0.25) is 4.79 Å². The van der Waals surface area contributed by atoms with Crippen LogP contribution in [-0.2, 0) is 14.3 Å². The second kappa shape index (κ2) is 7.78. The van der Waals surface area contributed by atoms with E-state index in [4.69, 9.17) is 15.2 Å². The fourth-order valence-corrected chi connectivity index (χ4v) is 2.55. The first-order valence-corrected chi connectivity index (χ1v) is 7.62. The van der Waals surface area contributed by atoms with E-state index < -0.39 is 12.0 Å². The monoisotopic (exact) mass is 335 g/mol. The maximum absolute atomic E-state index is 12.2. The molecule has 8 nitrogen and oxygen atoms in total. The van der Waals surface area contributed by atoms with Crippen LogP contribution in [0, 0.1) is 0 Å². The molecule has 2 rings (SSSR count). The maximum atomic E-state index is 12.2. The molecule has 2 atom stereocenters. The molecule has 0 aliphatic carbocycles. The SMILES string of the molecule is C[C@H]1CN(C(=O)COC(=O)c2cccc(NC(N)=O)c2)C[C@H](C)O1. The fraction of sp³-hybridized carbons (Fsp3) is 0.438. The molecular formula is C16H21N3O5. The number of rotatable bonds is 4. The second-order valence-corrected chi connectivity index (χ2v) is 5.70. The van der Waals surface area contributed by atoms with Crippen molar-refractivity contribution in [2.75, 3.05) is 25.0 Å². The first kappa shape index (κ1) is 17.7. The zero-order chi connectivity index (χ0) is 17.7. The molecule has 1 fully saturated rings. The van der Waals surface area contributed by atoms with E-state index in [0.717, 1.165) is 0 Å². The summed E-state index contributed by atoms with van der Waals surface area (Å²) in [5.74, 6) is -0.914. The van der Waals surface area contributed by atoms with Gasteiger partial charge in [0.25, 0.3) is 5.91 Å². The summed E-state index contributed by atoms with van der Waals surface area (Å²) in [6.07, 6.45) is -0.102. The van der Waals surface area contributed by atoms with Gasteiger partial charge < -0.3 is 25.4 Å². The van der Waals surface area contributed by atoms with Crippen molar-refractivity contribution in [1.82, 2.24) is 4.90 Å². The molecule has 1 aromatic carbocycles. The highest BCUT2D eigenvalue weighted by molar-refractivity contribution is 5.94. The van der Waals surface area contributed by atoms with E-state index >= 15 is 0 Å². The number of nitrogens with one attached hydrogen (secondary N) is 1. The number of anilines is 1. The predicted molar refractivity (Wildman–Crippen MR) is 86.5 cm³/mol. The van der Waals surface area contributed by atoms with Crippen LogP contribution in [0.15, 0.2) is 24.3 Å². The number of nitrogens with two attached hydrogens (primary N) is 1. The first-order valence-electron chi connectivity index (χ1n) is 7.62. The molecule has 1 aliphatic rings. The number of carbonyl (C=O) groups excluding carboxylic acids is 3. The molecule has 0 aromatic heterocycles. The largest absolute Gasteiger partial charge is 0.452 e. The summed E-state index contributed by atoms with van der Waals surface area (Å²) >= 11 is 0. The molecule has 1 aliphatic heterocycles. The van der Waals surface area contributed by atoms with E-state index in [1.54, 1.807) is 17.0 Å². The number of carbonyl (C=O) groups is 3. The molecule has 8 heteroatoms. The van der Waals surface area contributed by atoms with Crippen LogP contribution in [0.25, 0.3) is 0 Å². The Morgan fingerprint density at radius 3 is 2.58 bits per heavy atom. The van der Waals surface area contributed by atoms with E-state index in [1.165, 1.54) is 12.1 Å². The van der Waals surface area contributed by atoms with E-state index in [1.807, 2.05) is 13.8 Å². The molecule has 130 valence electrons. The lowest BCUT2D eigenvalue weighted by Crippen LogP contribution is -2.49. The Balaban J connectivity index is 1.90. The number of morpholine rings is 1. The van der Waals surface area contributed by atoms with Gasteiger partial charge in [0.05, 0.1) is 17.8 Å². The van der Waals surface area contributed by atoms with E-state index in [2.05, 4.69) is 5.32 Å². The van der Waals surface area contributed by atoms with Crippen LogP contribution in [0.1, 0.15) is 24.2 Å². The Morgan fingerprint density at radius 2 is 1.96 bits per heavy atom. The number of amides is 3. The summed E-state index contributed by atoms with van der Waals surface area (Å²) in [7, 11) is 0. The molecule has 0 saturated carbocycles. The summed E-state index contributed by atoms with van der Waals surface area (Å²) in [6, 6.07) is 5.39. The Hall–Kier alpha value is -2.61. The van der Waals surface area contributed by atoms with Crippen LogP contribution < -0.4 is 11.1 Å². The first-order chi connectivity index (χ1) is 11.3. The Morgan fingerprint density at radius 1 is 1.29 bits per heavy atom. The van der Waals surface area contributed by atoms with E-state index in [9.17, 15) is 14.4 Å². The predicted octanol–water partition coefficient (Wildman–Crippen LogP) is 0.970. The van der Waals surface area contributed by atoms with Crippen molar-refractivity contribution in [3.63, 3.8) is 0 Å². The average Bonchev–Trinajstić information content (AvgIpc) is 2.51. The van der Waals surface area contributed by atoms with Crippen molar-refractivity contribution in [2.24, 2.45) is 5.73 Å². The van der Waals surface area contributed by atoms with Crippen molar-refractivity contribution in [3.8, 4) is 0 Å². The zero-order valence-corrected chi connectivity index (χ0v) is 13.7. The van der Waals surface area contributed by atoms with Crippen LogP contribution in [0.5, 0.6) is 0 Å². The van der Waals surface area contributed by atoms with Gasteiger partial charge in [-0.1, -0.05) is 6.07 Å². The van der Waals surface area contributed by atoms with Crippen molar-refractivity contribution in [2.45, 2.75) is 26.1 Å². The lowest BCUT2D eigenvalue weighted by atomic mass is 10.2. The third-order valence-electron chi connectivity index (χ3n) is 3.46. The molecule has 0 unspecified atom stereocenters. The summed E-state index contributed by atoms with van der Waals surface area (Å²) in [4.78, 5) is 36.6. The molecule has 3 N–H and O–H groups in total. The maximum Gasteiger partial charge on any atom is 0.338 e. The Kier molecular flexibility index (Phi) is 5.75. The van der Waals surface area contributed by atoms with Crippen LogP contribution in [0.4, 0.5) is 10.5 Å². The number of esters is 1. The summed E-state index contributed by atoms with van der Waals surface area (Å²) in [6.45, 7) is 4.38. The summed E-state index contributed by atoms with van der Waals surface area (Å²) in [5.41, 5.74) is 5.62. The number of hydrogen-bond acceptors (Lipinski definition) is 5. The second-order valence-electron chi connectivity index (χ2n) is 5.70. The molecule has 3 amide bonds. The highest BCUT2D eigenvalue weighted by atomic mass is 16.5. The lowest BCUT2D eigenvalue weighted by Gasteiger charge is -2.35. The van der Waals surface area contributed by atoms with Crippen molar-refractivity contribution >= 4 is 23.6 Å². The zero-order valence-electron chi connectivity index (χ0n) is 13.7. The minimum Gasteiger partial charge on any atom is -0.452 e. The van der Waals surface area contributed by atoms with Crippen LogP contribution >= 0.6 is 0 Å². The van der Waals surface area contributed by atoms with Crippen molar-refractivity contribution in [3.05, 3.63) is 29.8 Å². The third kappa shape index (κ3) is 4.95. The van der Waals surface area contributed by atoms with E-state index in [0.29, 0.717) is 18.8 Å². The molecule has 24 heavy (non-hydrogen) atoms. The fourth-order valence-electron chi connectivity index (χ4n) is 2.55. The molecule has 0 bridgehead atoms. The third-order valence-corrected chi connectivity index (χ3v) is 3.46. The highest BCUT2D eigenvalue weighted by Crippen LogP contribution is 2.13. The van der Waals surface area contributed by atoms with Gasteiger partial charge in [0.1, 0.15) is 0 Å². The normalized spacial score (nSPS) is 20.3. The van der Waals surface area contributed by atoms with Gasteiger partial charge in [-0.05, 0) is 32.0 Å². The van der Waals surface area contributed by atoms with Crippen LogP contribution in [0.2, 0.25) is 0 Å².